The van der Waals surface area contributed by atoms with Gasteiger partial charge in [0.1, 0.15) is 0 Å². The van der Waals surface area contributed by atoms with Crippen molar-refractivity contribution >= 4 is 0 Å². The van der Waals surface area contributed by atoms with Gasteiger partial charge in [0.2, 0.25) is 0 Å². The van der Waals surface area contributed by atoms with Crippen LogP contribution < -0.4 is 11.1 Å². The summed E-state index contributed by atoms with van der Waals surface area (Å²) < 4.78 is 0. The quantitative estimate of drug-likeness (QED) is 0.550. The maximum atomic E-state index is 5.62. The molecule has 1 unspecified atom stereocenters. The Kier molecular flexibility index (Phi) is 1.94. The van der Waals surface area contributed by atoms with E-state index in [0.29, 0.717) is 6.04 Å². The molecule has 3 N–H and O–H groups in total. The first-order valence-electron chi connectivity index (χ1n) is 3.90. The molecule has 62 valence electrons. The van der Waals surface area contributed by atoms with Gasteiger partial charge < -0.3 is 11.1 Å². The fraction of sp³-hybridized carbons (Fsp3) is 0.556. The van der Waals surface area contributed by atoms with Gasteiger partial charge in [-0.3, -0.25) is 0 Å². The number of nitrogens with one attached hydrogen (secondary N) is 1. The SMILES string of the molecule is CC(C)(C)C1C=CC=C(N)N1. The molecule has 1 rings (SSSR count). The maximum absolute atomic E-state index is 5.62. The van der Waals surface area contributed by atoms with E-state index in [4.69, 9.17) is 5.73 Å². The highest BCUT2D eigenvalue weighted by Gasteiger charge is 2.22. The Morgan fingerprint density at radius 3 is 2.45 bits per heavy atom. The summed E-state index contributed by atoms with van der Waals surface area (Å²) in [7, 11) is 0. The van der Waals surface area contributed by atoms with Gasteiger partial charge in [0.05, 0.1) is 11.9 Å². The second kappa shape index (κ2) is 2.61. The Labute approximate surface area is 68.2 Å². The Bertz CT molecular complexity index is 196. The summed E-state index contributed by atoms with van der Waals surface area (Å²) in [6, 6.07) is 0.354. The van der Waals surface area contributed by atoms with Crippen LogP contribution in [0, 0.1) is 5.41 Å². The molecule has 0 aromatic carbocycles. The minimum Gasteiger partial charge on any atom is -0.386 e. The van der Waals surface area contributed by atoms with E-state index < -0.39 is 0 Å². The van der Waals surface area contributed by atoms with Gasteiger partial charge in [0, 0.05) is 0 Å². The molecule has 0 saturated carbocycles. The van der Waals surface area contributed by atoms with Crippen molar-refractivity contribution in [2.75, 3.05) is 0 Å². The third-order valence-corrected chi connectivity index (χ3v) is 1.83. The predicted molar refractivity (Wildman–Crippen MR) is 47.8 cm³/mol. The van der Waals surface area contributed by atoms with E-state index in [1.165, 1.54) is 0 Å². The number of dihydropyridines is 1. The monoisotopic (exact) mass is 152 g/mol. The molecule has 2 heteroatoms. The van der Waals surface area contributed by atoms with Crippen LogP contribution in [0.4, 0.5) is 0 Å². The van der Waals surface area contributed by atoms with Gasteiger partial charge >= 0.3 is 0 Å². The van der Waals surface area contributed by atoms with Crippen LogP contribution >= 0.6 is 0 Å². The molecule has 1 atom stereocenters. The standard InChI is InChI=1S/C9H16N2/c1-9(2,3)7-5-4-6-8(10)11-7/h4-7,11H,10H2,1-3H3. The van der Waals surface area contributed by atoms with E-state index in [9.17, 15) is 0 Å². The molecule has 2 nitrogen and oxygen atoms in total. The first-order chi connectivity index (χ1) is 5.00. The average molecular weight is 152 g/mol. The molecule has 0 spiro atoms. The molecule has 1 aliphatic rings. The van der Waals surface area contributed by atoms with Gasteiger partial charge in [-0.05, 0) is 11.5 Å². The van der Waals surface area contributed by atoms with Crippen molar-refractivity contribution in [1.82, 2.24) is 5.32 Å². The summed E-state index contributed by atoms with van der Waals surface area (Å²) >= 11 is 0. The van der Waals surface area contributed by atoms with Crippen LogP contribution in [-0.4, -0.2) is 6.04 Å². The summed E-state index contributed by atoms with van der Waals surface area (Å²) in [4.78, 5) is 0. The second-order valence-electron chi connectivity index (χ2n) is 3.99. The highest BCUT2D eigenvalue weighted by atomic mass is 15.0. The van der Waals surface area contributed by atoms with Crippen LogP contribution in [0.15, 0.2) is 24.0 Å². The van der Waals surface area contributed by atoms with E-state index in [2.05, 4.69) is 32.2 Å². The van der Waals surface area contributed by atoms with E-state index in [1.54, 1.807) is 0 Å². The molecule has 0 radical (unpaired) electrons. The Hall–Kier alpha value is -0.920. The van der Waals surface area contributed by atoms with Crippen LogP contribution in [0.3, 0.4) is 0 Å². The molecule has 0 amide bonds. The van der Waals surface area contributed by atoms with Crippen LogP contribution in [0.5, 0.6) is 0 Å². The zero-order valence-corrected chi connectivity index (χ0v) is 7.39. The molecule has 0 saturated heterocycles. The third kappa shape index (κ3) is 2.00. The van der Waals surface area contributed by atoms with Crippen LogP contribution in [0.2, 0.25) is 0 Å². The minimum atomic E-state index is 0.232. The largest absolute Gasteiger partial charge is 0.386 e. The normalized spacial score (nSPS) is 24.3. The first kappa shape index (κ1) is 8.18. The van der Waals surface area contributed by atoms with Gasteiger partial charge in [-0.2, -0.15) is 0 Å². The lowest BCUT2D eigenvalue weighted by Crippen LogP contribution is -2.41. The summed E-state index contributed by atoms with van der Waals surface area (Å²) in [5, 5.41) is 3.21. The molecule has 1 heterocycles. The van der Waals surface area contributed by atoms with Crippen LogP contribution in [0.1, 0.15) is 20.8 Å². The summed E-state index contributed by atoms with van der Waals surface area (Å²) in [6.07, 6.45) is 6.01. The van der Waals surface area contributed by atoms with Gasteiger partial charge in [0.25, 0.3) is 0 Å². The molecule has 0 bridgehead atoms. The molecule has 0 aliphatic carbocycles. The van der Waals surface area contributed by atoms with E-state index in [0.717, 1.165) is 5.82 Å². The van der Waals surface area contributed by atoms with Gasteiger partial charge in [-0.15, -0.1) is 0 Å². The fourth-order valence-electron chi connectivity index (χ4n) is 1.05. The maximum Gasteiger partial charge on any atom is 0.0964 e. The summed E-state index contributed by atoms with van der Waals surface area (Å²) in [5.74, 6) is 0.757. The molecule has 11 heavy (non-hydrogen) atoms. The van der Waals surface area contributed by atoms with Crippen molar-refractivity contribution in [1.29, 1.82) is 0 Å². The molecule has 0 aromatic rings. The lowest BCUT2D eigenvalue weighted by atomic mass is 9.86. The van der Waals surface area contributed by atoms with Crippen molar-refractivity contribution < 1.29 is 0 Å². The number of hydrogen-bond acceptors (Lipinski definition) is 2. The smallest absolute Gasteiger partial charge is 0.0964 e. The van der Waals surface area contributed by atoms with Crippen molar-refractivity contribution in [3.8, 4) is 0 Å². The summed E-state index contributed by atoms with van der Waals surface area (Å²) in [6.45, 7) is 6.56. The number of nitrogens with two attached hydrogens (primary N) is 1. The van der Waals surface area contributed by atoms with E-state index in [-0.39, 0.29) is 5.41 Å². The predicted octanol–water partition coefficient (Wildman–Crippen LogP) is 1.36. The number of allylic oxidation sites excluding steroid dienone is 2. The highest BCUT2D eigenvalue weighted by molar-refractivity contribution is 5.19. The second-order valence-corrected chi connectivity index (χ2v) is 3.99. The first-order valence-corrected chi connectivity index (χ1v) is 3.90. The van der Waals surface area contributed by atoms with Crippen LogP contribution in [-0.2, 0) is 0 Å². The highest BCUT2D eigenvalue weighted by Crippen LogP contribution is 2.21. The lowest BCUT2D eigenvalue weighted by molar-refractivity contribution is 0.327. The molecule has 0 aromatic heterocycles. The molecular weight excluding hydrogens is 136 g/mol. The van der Waals surface area contributed by atoms with Crippen molar-refractivity contribution in [3.05, 3.63) is 24.0 Å². The number of hydrogen-bond donors (Lipinski definition) is 2. The Morgan fingerprint density at radius 1 is 1.45 bits per heavy atom. The third-order valence-electron chi connectivity index (χ3n) is 1.83. The van der Waals surface area contributed by atoms with Gasteiger partial charge in [0.15, 0.2) is 0 Å². The molecule has 0 fully saturated rings. The minimum absolute atomic E-state index is 0.232. The fourth-order valence-corrected chi connectivity index (χ4v) is 1.05. The topological polar surface area (TPSA) is 38.0 Å². The zero-order valence-electron chi connectivity index (χ0n) is 7.39. The van der Waals surface area contributed by atoms with Gasteiger partial charge in [-0.25, -0.2) is 0 Å². The Balaban J connectivity index is 2.67. The molecule has 1 aliphatic heterocycles. The van der Waals surface area contributed by atoms with E-state index in [1.807, 2.05) is 12.2 Å². The Morgan fingerprint density at radius 2 is 2.09 bits per heavy atom. The van der Waals surface area contributed by atoms with Gasteiger partial charge in [-0.1, -0.05) is 32.9 Å². The number of rotatable bonds is 0. The van der Waals surface area contributed by atoms with Crippen molar-refractivity contribution in [3.63, 3.8) is 0 Å². The summed E-state index contributed by atoms with van der Waals surface area (Å²) in [5.41, 5.74) is 5.85. The van der Waals surface area contributed by atoms with E-state index >= 15 is 0 Å². The molecular formula is C9H16N2. The van der Waals surface area contributed by atoms with Crippen LogP contribution in [0.25, 0.3) is 0 Å². The zero-order chi connectivity index (χ0) is 8.48. The van der Waals surface area contributed by atoms with Crippen molar-refractivity contribution in [2.24, 2.45) is 11.1 Å². The lowest BCUT2D eigenvalue weighted by Gasteiger charge is -2.31. The average Bonchev–Trinajstić information content (AvgIpc) is 1.86. The van der Waals surface area contributed by atoms with Crippen molar-refractivity contribution in [2.45, 2.75) is 26.8 Å².